The first kappa shape index (κ1) is 17.5. The molecule has 3 amide bonds. The Morgan fingerprint density at radius 2 is 1.85 bits per heavy atom. The lowest BCUT2D eigenvalue weighted by atomic mass is 10.1. The lowest BCUT2D eigenvalue weighted by molar-refractivity contribution is -0.111. The van der Waals surface area contributed by atoms with E-state index in [1.54, 1.807) is 24.3 Å². The van der Waals surface area contributed by atoms with E-state index in [4.69, 9.17) is 11.6 Å². The van der Waals surface area contributed by atoms with Crippen molar-refractivity contribution in [3.63, 3.8) is 0 Å². The topological polar surface area (TPSA) is 54.7 Å². The number of halogens is 1. The molecule has 0 saturated carbocycles. The third-order valence-corrected chi connectivity index (χ3v) is 4.91. The van der Waals surface area contributed by atoms with Crippen molar-refractivity contribution in [1.82, 2.24) is 4.57 Å². The van der Waals surface area contributed by atoms with Gasteiger partial charge in [-0.1, -0.05) is 35.9 Å². The maximum Gasteiger partial charge on any atom is 0.355 e. The largest absolute Gasteiger partial charge is 0.355 e. The first-order valence-electron chi connectivity index (χ1n) is 8.75. The van der Waals surface area contributed by atoms with E-state index in [0.29, 0.717) is 17.1 Å². The van der Waals surface area contributed by atoms with Crippen LogP contribution in [0.15, 0.2) is 59.7 Å². The number of rotatable bonds is 4. The van der Waals surface area contributed by atoms with Gasteiger partial charge in [-0.15, -0.1) is 0 Å². The number of urea groups is 1. The van der Waals surface area contributed by atoms with Crippen molar-refractivity contribution in [2.24, 2.45) is 4.99 Å². The molecule has 1 aliphatic rings. The smallest absolute Gasteiger partial charge is 0.345 e. The summed E-state index contributed by atoms with van der Waals surface area (Å²) in [6.45, 7) is 4.22. The minimum Gasteiger partial charge on any atom is -0.345 e. The Bertz CT molecular complexity index is 1100. The van der Waals surface area contributed by atoms with E-state index in [1.807, 2.05) is 24.4 Å². The number of carbonyl (C=O) groups excluding carboxylic acids is 2. The van der Waals surface area contributed by atoms with E-state index in [0.717, 1.165) is 21.4 Å². The Balaban J connectivity index is 1.68. The number of nitrogens with zero attached hydrogens (tertiary/aromatic N) is 3. The summed E-state index contributed by atoms with van der Waals surface area (Å²) in [7, 11) is 0. The molecule has 2 heterocycles. The molecular formula is C21H18ClN3O2. The van der Waals surface area contributed by atoms with Crippen LogP contribution >= 0.6 is 11.6 Å². The molecule has 0 unspecified atom stereocenters. The fourth-order valence-electron chi connectivity index (χ4n) is 3.41. The number of anilines is 1. The van der Waals surface area contributed by atoms with E-state index >= 15 is 0 Å². The molecule has 1 aliphatic heterocycles. The molecular weight excluding hydrogens is 362 g/mol. The van der Waals surface area contributed by atoms with Gasteiger partial charge in [-0.3, -0.25) is 4.79 Å². The van der Waals surface area contributed by atoms with Crippen LogP contribution in [-0.2, 0) is 11.2 Å². The van der Waals surface area contributed by atoms with Gasteiger partial charge in [-0.05, 0) is 43.7 Å². The second-order valence-electron chi connectivity index (χ2n) is 6.81. The second kappa shape index (κ2) is 6.67. The molecule has 6 heteroatoms. The lowest BCUT2D eigenvalue weighted by Gasteiger charge is -2.13. The number of benzene rings is 2. The summed E-state index contributed by atoms with van der Waals surface area (Å²) in [6, 6.07) is 14.4. The fraction of sp³-hybridized carbons (Fsp3) is 0.190. The zero-order valence-electron chi connectivity index (χ0n) is 15.0. The van der Waals surface area contributed by atoms with Crippen molar-refractivity contribution in [3.8, 4) is 0 Å². The Morgan fingerprint density at radius 3 is 2.59 bits per heavy atom. The Labute approximate surface area is 161 Å². The van der Waals surface area contributed by atoms with Crippen LogP contribution < -0.4 is 4.90 Å². The summed E-state index contributed by atoms with van der Waals surface area (Å²) >= 11 is 5.99. The number of para-hydroxylation sites is 1. The quantitative estimate of drug-likeness (QED) is 0.638. The molecule has 0 radical (unpaired) electrons. The van der Waals surface area contributed by atoms with Crippen LogP contribution in [0, 0.1) is 0 Å². The molecule has 2 aromatic carbocycles. The van der Waals surface area contributed by atoms with Crippen molar-refractivity contribution >= 4 is 45.8 Å². The van der Waals surface area contributed by atoms with Crippen molar-refractivity contribution in [3.05, 3.63) is 65.3 Å². The second-order valence-corrected chi connectivity index (χ2v) is 7.25. The Morgan fingerprint density at radius 1 is 1.07 bits per heavy atom. The first-order chi connectivity index (χ1) is 13.0. The molecule has 0 aliphatic carbocycles. The normalized spacial score (nSPS) is 14.5. The van der Waals surface area contributed by atoms with E-state index in [9.17, 15) is 9.59 Å². The maximum atomic E-state index is 12.8. The van der Waals surface area contributed by atoms with E-state index < -0.39 is 11.9 Å². The predicted molar refractivity (Wildman–Crippen MR) is 108 cm³/mol. The number of aliphatic imine (C=N–C) groups is 1. The van der Waals surface area contributed by atoms with Gasteiger partial charge in [0.15, 0.2) is 0 Å². The monoisotopic (exact) mass is 379 g/mol. The number of amides is 3. The number of hydrogen-bond acceptors (Lipinski definition) is 2. The van der Waals surface area contributed by atoms with Crippen LogP contribution in [0.1, 0.15) is 25.5 Å². The zero-order chi connectivity index (χ0) is 19.1. The molecule has 0 bridgehead atoms. The van der Waals surface area contributed by atoms with Gasteiger partial charge in [-0.25, -0.2) is 9.69 Å². The number of fused-ring (bicyclic) bond motifs is 1. The van der Waals surface area contributed by atoms with E-state index in [-0.39, 0.29) is 11.8 Å². The highest BCUT2D eigenvalue weighted by atomic mass is 35.5. The number of aromatic nitrogens is 1. The van der Waals surface area contributed by atoms with Crippen LogP contribution in [0.3, 0.4) is 0 Å². The molecule has 0 saturated heterocycles. The highest BCUT2D eigenvalue weighted by Gasteiger charge is 2.34. The predicted octanol–water partition coefficient (Wildman–Crippen LogP) is 5.03. The van der Waals surface area contributed by atoms with Crippen LogP contribution in [-0.4, -0.2) is 22.2 Å². The molecule has 4 rings (SSSR count). The standard InChI is InChI=1S/C21H18ClN3O2/c1-13(2)24-12-14(17-8-3-4-9-19(17)24)10-18-20(26)25(21(27)23-18)16-7-5-6-15(22)11-16/h3-9,11-13H,10H2,1-2H3. The number of imide groups is 1. The van der Waals surface area contributed by atoms with E-state index in [2.05, 4.69) is 29.5 Å². The van der Waals surface area contributed by atoms with Crippen LogP contribution in [0.5, 0.6) is 0 Å². The van der Waals surface area contributed by atoms with E-state index in [1.165, 1.54) is 0 Å². The summed E-state index contributed by atoms with van der Waals surface area (Å²) in [6.07, 6.45) is 2.35. The molecule has 136 valence electrons. The molecule has 3 aromatic rings. The molecule has 5 nitrogen and oxygen atoms in total. The zero-order valence-corrected chi connectivity index (χ0v) is 15.8. The third-order valence-electron chi connectivity index (χ3n) is 4.68. The summed E-state index contributed by atoms with van der Waals surface area (Å²) in [4.78, 5) is 30.3. The molecule has 0 atom stereocenters. The first-order valence-corrected chi connectivity index (χ1v) is 9.13. The van der Waals surface area contributed by atoms with Crippen molar-refractivity contribution < 1.29 is 9.59 Å². The Kier molecular flexibility index (Phi) is 4.32. The van der Waals surface area contributed by atoms with Crippen LogP contribution in [0.25, 0.3) is 10.9 Å². The van der Waals surface area contributed by atoms with Crippen molar-refractivity contribution in [2.45, 2.75) is 26.3 Å². The van der Waals surface area contributed by atoms with Gasteiger partial charge in [0.05, 0.1) is 5.69 Å². The SMILES string of the molecule is CC(C)n1cc(CC2=NC(=O)N(c3cccc(Cl)c3)C2=O)c2ccccc21. The van der Waals surface area contributed by atoms with Crippen LogP contribution in [0.4, 0.5) is 10.5 Å². The van der Waals surface area contributed by atoms with Crippen molar-refractivity contribution in [1.29, 1.82) is 0 Å². The summed E-state index contributed by atoms with van der Waals surface area (Å²) in [5.41, 5.74) is 2.76. The van der Waals surface area contributed by atoms with Gasteiger partial charge < -0.3 is 4.57 Å². The number of carbonyl (C=O) groups is 2. The van der Waals surface area contributed by atoms with Gasteiger partial charge in [0.1, 0.15) is 5.71 Å². The lowest BCUT2D eigenvalue weighted by Crippen LogP contribution is -2.33. The molecule has 1 aromatic heterocycles. The molecule has 27 heavy (non-hydrogen) atoms. The molecule has 0 fully saturated rings. The van der Waals surface area contributed by atoms with Gasteiger partial charge in [-0.2, -0.15) is 4.99 Å². The summed E-state index contributed by atoms with van der Waals surface area (Å²) in [5, 5.41) is 1.52. The summed E-state index contributed by atoms with van der Waals surface area (Å²) in [5.74, 6) is -0.399. The van der Waals surface area contributed by atoms with Gasteiger partial charge >= 0.3 is 6.03 Å². The Hall–Kier alpha value is -2.92. The maximum absolute atomic E-state index is 12.8. The van der Waals surface area contributed by atoms with Gasteiger partial charge in [0.2, 0.25) is 0 Å². The number of hydrogen-bond donors (Lipinski definition) is 0. The highest BCUT2D eigenvalue weighted by molar-refractivity contribution is 6.54. The van der Waals surface area contributed by atoms with Gasteiger partial charge in [0.25, 0.3) is 5.91 Å². The third kappa shape index (κ3) is 3.04. The average Bonchev–Trinajstić information content (AvgIpc) is 3.13. The molecule has 0 spiro atoms. The van der Waals surface area contributed by atoms with Crippen LogP contribution in [0.2, 0.25) is 5.02 Å². The average molecular weight is 380 g/mol. The minimum absolute atomic E-state index is 0.242. The molecule has 0 N–H and O–H groups in total. The van der Waals surface area contributed by atoms with Crippen molar-refractivity contribution in [2.75, 3.05) is 4.90 Å². The highest BCUT2D eigenvalue weighted by Crippen LogP contribution is 2.28. The van der Waals surface area contributed by atoms with Gasteiger partial charge in [0, 0.05) is 34.6 Å². The summed E-state index contributed by atoms with van der Waals surface area (Å²) < 4.78 is 2.17. The minimum atomic E-state index is -0.579. The fourth-order valence-corrected chi connectivity index (χ4v) is 3.60.